The molecule has 100 valence electrons. The highest BCUT2D eigenvalue weighted by Gasteiger charge is 2.18. The molecule has 0 radical (unpaired) electrons. The molecule has 19 heavy (non-hydrogen) atoms. The lowest BCUT2D eigenvalue weighted by Crippen LogP contribution is -2.09. The SMILES string of the molecule is C=CCOC(=O)c1nnn(Cc2sccc2Br)c1C. The van der Waals surface area contributed by atoms with Crippen LogP contribution in [-0.4, -0.2) is 27.6 Å². The van der Waals surface area contributed by atoms with Crippen molar-refractivity contribution in [1.29, 1.82) is 0 Å². The van der Waals surface area contributed by atoms with E-state index in [-0.39, 0.29) is 12.3 Å². The molecular formula is C12H12BrN3O2S. The van der Waals surface area contributed by atoms with Gasteiger partial charge in [-0.1, -0.05) is 17.9 Å². The minimum Gasteiger partial charge on any atom is -0.457 e. The number of thiophene rings is 1. The first kappa shape index (κ1) is 14.0. The zero-order chi connectivity index (χ0) is 13.8. The fourth-order valence-corrected chi connectivity index (χ4v) is 2.93. The molecule has 2 rings (SSSR count). The van der Waals surface area contributed by atoms with E-state index in [2.05, 4.69) is 32.8 Å². The fraction of sp³-hybridized carbons (Fsp3) is 0.250. The lowest BCUT2D eigenvalue weighted by Gasteiger charge is -2.03. The van der Waals surface area contributed by atoms with Gasteiger partial charge in [-0.3, -0.25) is 0 Å². The van der Waals surface area contributed by atoms with Gasteiger partial charge in [0.1, 0.15) is 6.61 Å². The minimum absolute atomic E-state index is 0.168. The van der Waals surface area contributed by atoms with Crippen LogP contribution in [0.3, 0.4) is 0 Å². The second-order valence-corrected chi connectivity index (χ2v) is 5.61. The first-order chi connectivity index (χ1) is 9.13. The Morgan fingerprint density at radius 1 is 1.68 bits per heavy atom. The summed E-state index contributed by atoms with van der Waals surface area (Å²) in [6.07, 6.45) is 1.51. The molecule has 0 saturated carbocycles. The third kappa shape index (κ3) is 3.10. The normalized spacial score (nSPS) is 10.4. The molecule has 2 aromatic heterocycles. The molecule has 2 aromatic rings. The van der Waals surface area contributed by atoms with Crippen molar-refractivity contribution < 1.29 is 9.53 Å². The summed E-state index contributed by atoms with van der Waals surface area (Å²) in [4.78, 5) is 12.8. The number of esters is 1. The van der Waals surface area contributed by atoms with Gasteiger partial charge in [-0.2, -0.15) is 0 Å². The van der Waals surface area contributed by atoms with Crippen LogP contribution in [0.15, 0.2) is 28.6 Å². The molecule has 0 amide bonds. The van der Waals surface area contributed by atoms with E-state index in [1.807, 2.05) is 11.4 Å². The van der Waals surface area contributed by atoms with Gasteiger partial charge in [-0.25, -0.2) is 9.48 Å². The van der Waals surface area contributed by atoms with E-state index in [9.17, 15) is 4.79 Å². The van der Waals surface area contributed by atoms with E-state index < -0.39 is 5.97 Å². The molecular weight excluding hydrogens is 330 g/mol. The van der Waals surface area contributed by atoms with Crippen LogP contribution in [0, 0.1) is 6.92 Å². The second-order valence-electron chi connectivity index (χ2n) is 3.76. The number of nitrogens with zero attached hydrogens (tertiary/aromatic N) is 3. The maximum Gasteiger partial charge on any atom is 0.361 e. The molecule has 0 aliphatic carbocycles. The van der Waals surface area contributed by atoms with Gasteiger partial charge < -0.3 is 4.74 Å². The Morgan fingerprint density at radius 3 is 3.11 bits per heavy atom. The standard InChI is InChI=1S/C12H12BrN3O2S/c1-3-5-18-12(17)11-8(2)16(15-14-11)7-10-9(13)4-6-19-10/h3-4,6H,1,5,7H2,2H3. The Balaban J connectivity index is 2.16. The molecule has 0 spiro atoms. The van der Waals surface area contributed by atoms with E-state index in [0.717, 1.165) is 9.35 Å². The minimum atomic E-state index is -0.478. The van der Waals surface area contributed by atoms with Gasteiger partial charge in [-0.15, -0.1) is 16.4 Å². The average Bonchev–Trinajstić information content (AvgIpc) is 2.95. The monoisotopic (exact) mass is 341 g/mol. The Bertz CT molecular complexity index is 606. The maximum absolute atomic E-state index is 11.7. The average molecular weight is 342 g/mol. The molecule has 0 saturated heterocycles. The molecule has 0 bridgehead atoms. The van der Waals surface area contributed by atoms with Gasteiger partial charge in [0, 0.05) is 9.35 Å². The number of aromatic nitrogens is 3. The molecule has 5 nitrogen and oxygen atoms in total. The molecule has 2 heterocycles. The highest BCUT2D eigenvalue weighted by atomic mass is 79.9. The van der Waals surface area contributed by atoms with Gasteiger partial charge >= 0.3 is 5.97 Å². The number of carbonyl (C=O) groups excluding carboxylic acids is 1. The number of halogens is 1. The van der Waals surface area contributed by atoms with E-state index in [4.69, 9.17) is 4.74 Å². The zero-order valence-electron chi connectivity index (χ0n) is 10.3. The van der Waals surface area contributed by atoms with Crippen LogP contribution in [0.2, 0.25) is 0 Å². The first-order valence-corrected chi connectivity index (χ1v) is 7.20. The number of hydrogen-bond acceptors (Lipinski definition) is 5. The largest absolute Gasteiger partial charge is 0.457 e. The van der Waals surface area contributed by atoms with Crippen LogP contribution in [0.4, 0.5) is 0 Å². The van der Waals surface area contributed by atoms with Gasteiger partial charge in [0.05, 0.1) is 12.2 Å². The quantitative estimate of drug-likeness (QED) is 0.619. The van der Waals surface area contributed by atoms with Crippen molar-refractivity contribution in [1.82, 2.24) is 15.0 Å². The maximum atomic E-state index is 11.7. The predicted octanol–water partition coefficient (Wildman–Crippen LogP) is 2.80. The number of hydrogen-bond donors (Lipinski definition) is 0. The first-order valence-electron chi connectivity index (χ1n) is 5.53. The third-order valence-electron chi connectivity index (χ3n) is 2.49. The Labute approximate surface area is 123 Å². The lowest BCUT2D eigenvalue weighted by atomic mass is 10.3. The summed E-state index contributed by atoms with van der Waals surface area (Å²) in [5.74, 6) is -0.478. The van der Waals surface area contributed by atoms with Crippen molar-refractivity contribution in [2.45, 2.75) is 13.5 Å². The van der Waals surface area contributed by atoms with Crippen LogP contribution in [0.5, 0.6) is 0 Å². The Morgan fingerprint density at radius 2 is 2.47 bits per heavy atom. The van der Waals surface area contributed by atoms with Crippen molar-refractivity contribution in [3.05, 3.63) is 44.8 Å². The molecule has 0 N–H and O–H groups in total. The smallest absolute Gasteiger partial charge is 0.361 e. The van der Waals surface area contributed by atoms with Crippen molar-refractivity contribution in [2.24, 2.45) is 0 Å². The summed E-state index contributed by atoms with van der Waals surface area (Å²) in [6.45, 7) is 6.03. The van der Waals surface area contributed by atoms with Gasteiger partial charge in [-0.05, 0) is 34.3 Å². The molecule has 0 aliphatic heterocycles. The molecule has 0 fully saturated rings. The molecule has 0 unspecified atom stereocenters. The van der Waals surface area contributed by atoms with E-state index in [0.29, 0.717) is 12.2 Å². The van der Waals surface area contributed by atoms with Crippen LogP contribution in [0.25, 0.3) is 0 Å². The number of carbonyl (C=O) groups is 1. The molecule has 0 aliphatic rings. The van der Waals surface area contributed by atoms with Gasteiger partial charge in [0.15, 0.2) is 5.69 Å². The number of rotatable bonds is 5. The Hall–Kier alpha value is -1.47. The summed E-state index contributed by atoms with van der Waals surface area (Å²) < 4.78 is 7.66. The van der Waals surface area contributed by atoms with Crippen molar-refractivity contribution >= 4 is 33.2 Å². The van der Waals surface area contributed by atoms with E-state index >= 15 is 0 Å². The second kappa shape index (κ2) is 6.12. The summed E-state index contributed by atoms with van der Waals surface area (Å²) in [7, 11) is 0. The van der Waals surface area contributed by atoms with Crippen molar-refractivity contribution in [3.8, 4) is 0 Å². The van der Waals surface area contributed by atoms with Crippen LogP contribution in [0.1, 0.15) is 21.1 Å². The summed E-state index contributed by atoms with van der Waals surface area (Å²) in [5, 5.41) is 9.85. The predicted molar refractivity (Wildman–Crippen MR) is 76.4 cm³/mol. The summed E-state index contributed by atoms with van der Waals surface area (Å²) in [6, 6.07) is 1.98. The third-order valence-corrected chi connectivity index (χ3v) is 4.40. The highest BCUT2D eigenvalue weighted by molar-refractivity contribution is 9.10. The Kier molecular flexibility index (Phi) is 4.49. The lowest BCUT2D eigenvalue weighted by molar-refractivity contribution is 0.0542. The van der Waals surface area contributed by atoms with E-state index in [1.54, 1.807) is 22.9 Å². The molecule has 0 atom stereocenters. The number of ether oxygens (including phenoxy) is 1. The van der Waals surface area contributed by atoms with E-state index in [1.165, 1.54) is 6.08 Å². The highest BCUT2D eigenvalue weighted by Crippen LogP contribution is 2.23. The van der Waals surface area contributed by atoms with Crippen molar-refractivity contribution in [2.75, 3.05) is 6.61 Å². The topological polar surface area (TPSA) is 57.0 Å². The van der Waals surface area contributed by atoms with Crippen LogP contribution < -0.4 is 0 Å². The zero-order valence-corrected chi connectivity index (χ0v) is 12.7. The van der Waals surface area contributed by atoms with Crippen molar-refractivity contribution in [3.63, 3.8) is 0 Å². The van der Waals surface area contributed by atoms with Gasteiger partial charge in [0.2, 0.25) is 0 Å². The van der Waals surface area contributed by atoms with Gasteiger partial charge in [0.25, 0.3) is 0 Å². The van der Waals surface area contributed by atoms with Crippen LogP contribution in [-0.2, 0) is 11.3 Å². The summed E-state index contributed by atoms with van der Waals surface area (Å²) >= 11 is 5.08. The molecule has 7 heteroatoms. The summed E-state index contributed by atoms with van der Waals surface area (Å²) in [5.41, 5.74) is 0.934. The fourth-order valence-electron chi connectivity index (χ4n) is 1.48. The van der Waals surface area contributed by atoms with Crippen LogP contribution >= 0.6 is 27.3 Å². The molecule has 0 aromatic carbocycles.